The molecule has 3 aromatic carbocycles. The first kappa shape index (κ1) is 34.2. The van der Waals surface area contributed by atoms with Crippen LogP contribution in [0.15, 0.2) is 72.8 Å². The highest BCUT2D eigenvalue weighted by atomic mass is 35.5. The molecular formula is C30H32Cl2F3N3O4S. The van der Waals surface area contributed by atoms with Gasteiger partial charge in [-0.05, 0) is 47.4 Å². The van der Waals surface area contributed by atoms with Gasteiger partial charge in [0.15, 0.2) is 0 Å². The highest BCUT2D eigenvalue weighted by Gasteiger charge is 2.36. The summed E-state index contributed by atoms with van der Waals surface area (Å²) in [4.78, 5) is 28.9. The highest BCUT2D eigenvalue weighted by Crippen LogP contribution is 2.37. The average molecular weight is 659 g/mol. The van der Waals surface area contributed by atoms with E-state index in [9.17, 15) is 31.2 Å². The zero-order valence-electron chi connectivity index (χ0n) is 23.7. The maximum atomic E-state index is 14.0. The lowest BCUT2D eigenvalue weighted by atomic mass is 10.0. The smallest absolute Gasteiger partial charge is 0.354 e. The lowest BCUT2D eigenvalue weighted by Crippen LogP contribution is -2.53. The zero-order valence-corrected chi connectivity index (χ0v) is 26.1. The Labute approximate surface area is 259 Å². The summed E-state index contributed by atoms with van der Waals surface area (Å²) in [6, 6.07) is 17.1. The summed E-state index contributed by atoms with van der Waals surface area (Å²) in [6.45, 7) is 3.14. The van der Waals surface area contributed by atoms with Crippen LogP contribution in [-0.2, 0) is 38.8 Å². The number of rotatable bonds is 12. The first-order valence-electron chi connectivity index (χ1n) is 13.3. The summed E-state index contributed by atoms with van der Waals surface area (Å²) in [5, 5.41) is 2.61. The van der Waals surface area contributed by atoms with Crippen LogP contribution in [0, 0.1) is 5.92 Å². The Bertz CT molecular complexity index is 1540. The van der Waals surface area contributed by atoms with Gasteiger partial charge < -0.3 is 10.2 Å². The standard InChI is InChI=1S/C30H32Cl2F3N3O4S/c1-20(2)17-36-29(40)27(15-21-8-5-4-6-9-21)37(18-22-10-7-11-23(31)14-22)28(39)19-38(43(3,41)42)24-12-13-26(32)25(16-24)30(33,34)35/h4-14,16,20,27H,15,17-19H2,1-3H3,(H,36,40)/t27-/m0/s1. The fourth-order valence-corrected chi connectivity index (χ4v) is 5.59. The Balaban J connectivity index is 2.09. The zero-order chi connectivity index (χ0) is 31.9. The summed E-state index contributed by atoms with van der Waals surface area (Å²) >= 11 is 11.9. The van der Waals surface area contributed by atoms with Crippen molar-refractivity contribution < 1.29 is 31.2 Å². The minimum Gasteiger partial charge on any atom is -0.354 e. The van der Waals surface area contributed by atoms with E-state index in [1.807, 2.05) is 13.8 Å². The lowest BCUT2D eigenvalue weighted by molar-refractivity contribution is -0.140. The van der Waals surface area contributed by atoms with Crippen LogP contribution in [0.5, 0.6) is 0 Å². The molecule has 0 heterocycles. The molecule has 1 atom stereocenters. The summed E-state index contributed by atoms with van der Waals surface area (Å²) in [5.74, 6) is -1.17. The molecule has 0 bridgehead atoms. The molecule has 0 unspecified atom stereocenters. The van der Waals surface area contributed by atoms with Gasteiger partial charge in [0, 0.05) is 24.5 Å². The van der Waals surface area contributed by atoms with Crippen LogP contribution in [0.1, 0.15) is 30.5 Å². The monoisotopic (exact) mass is 657 g/mol. The second-order valence-corrected chi connectivity index (χ2v) is 13.2. The van der Waals surface area contributed by atoms with Crippen molar-refractivity contribution in [2.24, 2.45) is 5.92 Å². The topological polar surface area (TPSA) is 86.8 Å². The third-order valence-corrected chi connectivity index (χ3v) is 8.13. The molecule has 13 heteroatoms. The van der Waals surface area contributed by atoms with Crippen LogP contribution in [-0.4, -0.2) is 50.5 Å². The normalized spacial score (nSPS) is 12.6. The number of carbonyl (C=O) groups excluding carboxylic acids is 2. The molecule has 0 saturated carbocycles. The molecular weight excluding hydrogens is 626 g/mol. The van der Waals surface area contributed by atoms with Crippen molar-refractivity contribution in [1.29, 1.82) is 0 Å². The quantitative estimate of drug-likeness (QED) is 0.252. The van der Waals surface area contributed by atoms with Gasteiger partial charge in [-0.3, -0.25) is 13.9 Å². The number of alkyl halides is 3. The molecule has 0 aromatic heterocycles. The second-order valence-electron chi connectivity index (χ2n) is 10.4. The second kappa shape index (κ2) is 14.5. The number of sulfonamides is 1. The first-order valence-corrected chi connectivity index (χ1v) is 15.9. The van der Waals surface area contributed by atoms with Gasteiger partial charge in [0.1, 0.15) is 12.6 Å². The number of nitrogens with one attached hydrogen (secondary N) is 1. The van der Waals surface area contributed by atoms with E-state index in [0.717, 1.165) is 24.0 Å². The minimum atomic E-state index is -4.87. The summed E-state index contributed by atoms with van der Waals surface area (Å²) in [5.41, 5.74) is -0.353. The molecule has 7 nitrogen and oxygen atoms in total. The van der Waals surface area contributed by atoms with Crippen LogP contribution in [0.3, 0.4) is 0 Å². The van der Waals surface area contributed by atoms with Gasteiger partial charge in [0.2, 0.25) is 21.8 Å². The van der Waals surface area contributed by atoms with E-state index in [-0.39, 0.29) is 18.9 Å². The molecule has 232 valence electrons. The predicted octanol–water partition coefficient (Wildman–Crippen LogP) is 6.19. The Morgan fingerprint density at radius 2 is 1.58 bits per heavy atom. The molecule has 3 rings (SSSR count). The molecule has 1 N–H and O–H groups in total. The highest BCUT2D eigenvalue weighted by molar-refractivity contribution is 7.92. The SMILES string of the molecule is CC(C)CNC(=O)[C@H](Cc1ccccc1)N(Cc1cccc(Cl)c1)C(=O)CN(c1ccc(Cl)c(C(F)(F)F)c1)S(C)(=O)=O. The Morgan fingerprint density at radius 3 is 2.16 bits per heavy atom. The summed E-state index contributed by atoms with van der Waals surface area (Å²) in [7, 11) is -4.27. The van der Waals surface area contributed by atoms with Gasteiger partial charge >= 0.3 is 6.18 Å². The fourth-order valence-electron chi connectivity index (χ4n) is 4.31. The molecule has 43 heavy (non-hydrogen) atoms. The average Bonchev–Trinajstić information content (AvgIpc) is 2.92. The maximum absolute atomic E-state index is 14.0. The van der Waals surface area contributed by atoms with Crippen LogP contribution >= 0.6 is 23.2 Å². The van der Waals surface area contributed by atoms with Gasteiger partial charge in [0.05, 0.1) is 22.5 Å². The van der Waals surface area contributed by atoms with Crippen molar-refractivity contribution in [2.45, 2.75) is 39.0 Å². The van der Waals surface area contributed by atoms with E-state index < -0.39 is 56.9 Å². The Morgan fingerprint density at radius 1 is 0.930 bits per heavy atom. The van der Waals surface area contributed by atoms with Gasteiger partial charge in [-0.2, -0.15) is 13.2 Å². The maximum Gasteiger partial charge on any atom is 0.417 e. The molecule has 0 spiro atoms. The van der Waals surface area contributed by atoms with Crippen LogP contribution < -0.4 is 9.62 Å². The first-order chi connectivity index (χ1) is 20.1. The molecule has 0 radical (unpaired) electrons. The predicted molar refractivity (Wildman–Crippen MR) is 162 cm³/mol. The minimum absolute atomic E-state index is 0.0924. The van der Waals surface area contributed by atoms with Gasteiger partial charge in [-0.1, -0.05) is 79.5 Å². The van der Waals surface area contributed by atoms with Crippen LogP contribution in [0.2, 0.25) is 10.0 Å². The number of halogens is 5. The number of carbonyl (C=O) groups is 2. The molecule has 0 aliphatic heterocycles. The van der Waals surface area contributed by atoms with E-state index in [2.05, 4.69) is 5.32 Å². The molecule has 0 saturated heterocycles. The number of nitrogens with zero attached hydrogens (tertiary/aromatic N) is 2. The Hall–Kier alpha value is -3.28. The van der Waals surface area contributed by atoms with Crippen molar-refractivity contribution >= 4 is 50.7 Å². The van der Waals surface area contributed by atoms with Crippen molar-refractivity contribution in [2.75, 3.05) is 23.7 Å². The van der Waals surface area contributed by atoms with E-state index in [0.29, 0.717) is 27.5 Å². The third kappa shape index (κ3) is 9.87. The van der Waals surface area contributed by atoms with Crippen LogP contribution in [0.4, 0.5) is 18.9 Å². The van der Waals surface area contributed by atoms with Crippen molar-refractivity contribution in [3.05, 3.63) is 99.5 Å². The number of benzene rings is 3. The van der Waals surface area contributed by atoms with Crippen LogP contribution in [0.25, 0.3) is 0 Å². The van der Waals surface area contributed by atoms with Gasteiger partial charge in [-0.25, -0.2) is 8.42 Å². The van der Waals surface area contributed by atoms with Crippen molar-refractivity contribution in [3.63, 3.8) is 0 Å². The van der Waals surface area contributed by atoms with Gasteiger partial charge in [-0.15, -0.1) is 0 Å². The lowest BCUT2D eigenvalue weighted by Gasteiger charge is -2.33. The summed E-state index contributed by atoms with van der Waals surface area (Å²) < 4.78 is 67.1. The summed E-state index contributed by atoms with van der Waals surface area (Å²) in [6.07, 6.45) is -4.00. The largest absolute Gasteiger partial charge is 0.417 e. The number of amides is 2. The van der Waals surface area contributed by atoms with E-state index >= 15 is 0 Å². The fraction of sp³-hybridized carbons (Fsp3) is 0.333. The number of anilines is 1. The Kier molecular flexibility index (Phi) is 11.5. The molecule has 0 aliphatic rings. The molecule has 3 aromatic rings. The third-order valence-electron chi connectivity index (χ3n) is 6.42. The van der Waals surface area contributed by atoms with E-state index in [4.69, 9.17) is 23.2 Å². The number of hydrogen-bond acceptors (Lipinski definition) is 4. The van der Waals surface area contributed by atoms with E-state index in [1.165, 1.54) is 4.90 Å². The van der Waals surface area contributed by atoms with Crippen molar-refractivity contribution in [1.82, 2.24) is 10.2 Å². The molecule has 2 amide bonds. The molecule has 0 fully saturated rings. The van der Waals surface area contributed by atoms with E-state index in [1.54, 1.807) is 54.6 Å². The van der Waals surface area contributed by atoms with Gasteiger partial charge in [0.25, 0.3) is 0 Å². The number of hydrogen-bond donors (Lipinski definition) is 1. The molecule has 0 aliphatic carbocycles. The van der Waals surface area contributed by atoms with Crippen molar-refractivity contribution in [3.8, 4) is 0 Å².